The molecule has 3 aliphatic heterocycles. The number of likely N-dealkylation sites (N-methyl/N-ethyl adjacent to an activating group) is 1. The SMILES string of the molecule is CN1C(=O)O[C@@H]2CN(c3c(F)cc(N4CC(Cn5ccnn5)OC4=O)cc3F)C[C@@H]21. The minimum Gasteiger partial charge on any atom is -0.442 e. The molecular weight excluding hydrogens is 402 g/mol. The van der Waals surface area contributed by atoms with E-state index in [2.05, 4.69) is 10.3 Å². The molecule has 3 atom stereocenters. The summed E-state index contributed by atoms with van der Waals surface area (Å²) in [5.41, 5.74) is -0.132. The van der Waals surface area contributed by atoms with Gasteiger partial charge in [0.2, 0.25) is 0 Å². The molecule has 3 saturated heterocycles. The van der Waals surface area contributed by atoms with Crippen molar-refractivity contribution < 1.29 is 27.8 Å². The maximum atomic E-state index is 14.9. The van der Waals surface area contributed by atoms with Crippen molar-refractivity contribution in [2.45, 2.75) is 24.8 Å². The number of fused-ring (bicyclic) bond motifs is 1. The Morgan fingerprint density at radius 3 is 2.53 bits per heavy atom. The number of hydrogen-bond donors (Lipinski definition) is 0. The number of rotatable bonds is 4. The topological polar surface area (TPSA) is 93.0 Å². The van der Waals surface area contributed by atoms with E-state index in [0.717, 1.165) is 12.1 Å². The Morgan fingerprint density at radius 2 is 1.87 bits per heavy atom. The zero-order valence-electron chi connectivity index (χ0n) is 15.9. The van der Waals surface area contributed by atoms with E-state index in [-0.39, 0.29) is 43.6 Å². The van der Waals surface area contributed by atoms with Gasteiger partial charge in [0, 0.05) is 31.9 Å². The molecule has 158 valence electrons. The predicted molar refractivity (Wildman–Crippen MR) is 98.0 cm³/mol. The van der Waals surface area contributed by atoms with Crippen molar-refractivity contribution in [2.75, 3.05) is 36.5 Å². The maximum Gasteiger partial charge on any atom is 0.414 e. The summed E-state index contributed by atoms with van der Waals surface area (Å²) in [6.07, 6.45) is 1.05. The fourth-order valence-corrected chi connectivity index (χ4v) is 4.15. The normalized spacial score (nSPS) is 25.7. The molecule has 3 fully saturated rings. The number of benzene rings is 1. The van der Waals surface area contributed by atoms with Gasteiger partial charge in [0.15, 0.2) is 11.6 Å². The van der Waals surface area contributed by atoms with E-state index in [0.29, 0.717) is 0 Å². The highest BCUT2D eigenvalue weighted by atomic mass is 19.1. The molecule has 0 N–H and O–H groups in total. The van der Waals surface area contributed by atoms with Gasteiger partial charge < -0.3 is 19.3 Å². The highest BCUT2D eigenvalue weighted by Gasteiger charge is 2.47. The highest BCUT2D eigenvalue weighted by Crippen LogP contribution is 2.35. The van der Waals surface area contributed by atoms with E-state index < -0.39 is 36.0 Å². The van der Waals surface area contributed by atoms with Crippen LogP contribution in [0.1, 0.15) is 0 Å². The first kappa shape index (κ1) is 18.6. The lowest BCUT2D eigenvalue weighted by molar-refractivity contribution is 0.129. The molecular formula is C18H18F2N6O4. The van der Waals surface area contributed by atoms with Crippen LogP contribution in [-0.2, 0) is 16.0 Å². The first-order valence-corrected chi connectivity index (χ1v) is 9.40. The number of hydrogen-bond acceptors (Lipinski definition) is 7. The van der Waals surface area contributed by atoms with Gasteiger partial charge in [0.05, 0.1) is 37.6 Å². The maximum absolute atomic E-state index is 14.9. The van der Waals surface area contributed by atoms with Crippen molar-refractivity contribution in [3.05, 3.63) is 36.2 Å². The summed E-state index contributed by atoms with van der Waals surface area (Å²) in [7, 11) is 1.60. The second-order valence-corrected chi connectivity index (χ2v) is 7.50. The van der Waals surface area contributed by atoms with Gasteiger partial charge in [-0.25, -0.2) is 23.1 Å². The van der Waals surface area contributed by atoms with Crippen LogP contribution in [0.15, 0.2) is 24.5 Å². The molecule has 0 bridgehead atoms. The van der Waals surface area contributed by atoms with E-state index in [1.165, 1.54) is 25.6 Å². The number of carbonyl (C=O) groups is 2. The lowest BCUT2D eigenvalue weighted by Gasteiger charge is -2.23. The van der Waals surface area contributed by atoms with Gasteiger partial charge in [0.25, 0.3) is 0 Å². The largest absolute Gasteiger partial charge is 0.442 e. The number of amides is 2. The van der Waals surface area contributed by atoms with E-state index >= 15 is 0 Å². The zero-order chi connectivity index (χ0) is 21.0. The quantitative estimate of drug-likeness (QED) is 0.734. The second-order valence-electron chi connectivity index (χ2n) is 7.50. The molecule has 1 unspecified atom stereocenters. The number of ether oxygens (including phenoxy) is 2. The molecule has 0 spiro atoms. The average molecular weight is 420 g/mol. The van der Waals surface area contributed by atoms with Gasteiger partial charge in [-0.1, -0.05) is 5.21 Å². The summed E-state index contributed by atoms with van der Waals surface area (Å²) in [6.45, 7) is 0.866. The number of anilines is 2. The van der Waals surface area contributed by atoms with Gasteiger partial charge >= 0.3 is 12.2 Å². The average Bonchev–Trinajstić information content (AvgIpc) is 3.45. The van der Waals surface area contributed by atoms with Crippen molar-refractivity contribution in [2.24, 2.45) is 0 Å². The lowest BCUT2D eigenvalue weighted by atomic mass is 10.2. The summed E-state index contributed by atoms with van der Waals surface area (Å²) in [5.74, 6) is -1.60. The van der Waals surface area contributed by atoms with Gasteiger partial charge in [-0.2, -0.15) is 0 Å². The monoisotopic (exact) mass is 420 g/mol. The van der Waals surface area contributed by atoms with Gasteiger partial charge in [-0.05, 0) is 0 Å². The number of aromatic nitrogens is 3. The molecule has 5 rings (SSSR count). The van der Waals surface area contributed by atoms with Crippen LogP contribution in [0.25, 0.3) is 0 Å². The standard InChI is InChI=1S/C18H18F2N6O4/c1-23-14-8-24(9-15(14)30-17(23)27)16-12(19)4-10(5-13(16)20)26-7-11(29-18(26)28)6-25-3-2-21-22-25/h2-5,11,14-15H,6-9H2,1H3/t11?,14-,15+/m0/s1. The molecule has 1 aromatic heterocycles. The van der Waals surface area contributed by atoms with Crippen molar-refractivity contribution in [1.29, 1.82) is 0 Å². The first-order valence-electron chi connectivity index (χ1n) is 9.40. The van der Waals surface area contributed by atoms with Crippen LogP contribution >= 0.6 is 0 Å². The third-order valence-corrected chi connectivity index (χ3v) is 5.64. The lowest BCUT2D eigenvalue weighted by Crippen LogP contribution is -2.35. The highest BCUT2D eigenvalue weighted by molar-refractivity contribution is 5.90. The number of carbonyl (C=O) groups excluding carboxylic acids is 2. The Kier molecular flexibility index (Phi) is 4.22. The fourth-order valence-electron chi connectivity index (χ4n) is 4.15. The van der Waals surface area contributed by atoms with Crippen molar-refractivity contribution in [3.8, 4) is 0 Å². The van der Waals surface area contributed by atoms with Crippen molar-refractivity contribution in [1.82, 2.24) is 19.9 Å². The zero-order valence-corrected chi connectivity index (χ0v) is 15.9. The smallest absolute Gasteiger partial charge is 0.414 e. The molecule has 30 heavy (non-hydrogen) atoms. The Bertz CT molecular complexity index is 980. The van der Waals surface area contributed by atoms with Gasteiger partial charge in [0.1, 0.15) is 17.9 Å². The van der Waals surface area contributed by atoms with Crippen molar-refractivity contribution >= 4 is 23.6 Å². The van der Waals surface area contributed by atoms with Crippen molar-refractivity contribution in [3.63, 3.8) is 0 Å². The first-order chi connectivity index (χ1) is 14.4. The second kappa shape index (κ2) is 6.82. The summed E-state index contributed by atoms with van der Waals surface area (Å²) < 4.78 is 41.8. The van der Waals surface area contributed by atoms with Crippen LogP contribution in [0, 0.1) is 11.6 Å². The molecule has 0 saturated carbocycles. The van der Waals surface area contributed by atoms with Gasteiger partial charge in [-0.3, -0.25) is 4.90 Å². The van der Waals surface area contributed by atoms with Gasteiger partial charge in [-0.15, -0.1) is 5.10 Å². The molecule has 2 amide bonds. The number of halogens is 2. The molecule has 2 aromatic rings. The van der Waals surface area contributed by atoms with Crippen LogP contribution < -0.4 is 9.80 Å². The third-order valence-electron chi connectivity index (χ3n) is 5.64. The molecule has 12 heteroatoms. The summed E-state index contributed by atoms with van der Waals surface area (Å²) >= 11 is 0. The summed E-state index contributed by atoms with van der Waals surface area (Å²) in [4.78, 5) is 28.0. The van der Waals surface area contributed by atoms with Crippen LogP contribution in [0.5, 0.6) is 0 Å². The van der Waals surface area contributed by atoms with Crippen LogP contribution in [0.3, 0.4) is 0 Å². The third kappa shape index (κ3) is 2.99. The van der Waals surface area contributed by atoms with E-state index in [4.69, 9.17) is 9.47 Å². The van der Waals surface area contributed by atoms with Crippen LogP contribution in [-0.4, -0.2) is 77.0 Å². The minimum atomic E-state index is -0.800. The minimum absolute atomic E-state index is 0.0720. The number of cyclic esters (lactones) is 1. The Morgan fingerprint density at radius 1 is 1.10 bits per heavy atom. The Balaban J connectivity index is 1.34. The molecule has 0 radical (unpaired) electrons. The predicted octanol–water partition coefficient (Wildman–Crippen LogP) is 1.22. The summed E-state index contributed by atoms with van der Waals surface area (Å²) in [5, 5.41) is 7.50. The molecule has 0 aliphatic carbocycles. The molecule has 3 aliphatic rings. The van der Waals surface area contributed by atoms with E-state index in [1.807, 2.05) is 0 Å². The molecule has 10 nitrogen and oxygen atoms in total. The molecule has 4 heterocycles. The van der Waals surface area contributed by atoms with Crippen LogP contribution in [0.2, 0.25) is 0 Å². The summed E-state index contributed by atoms with van der Waals surface area (Å²) in [6, 6.07) is 1.96. The number of nitrogens with zero attached hydrogens (tertiary/aromatic N) is 6. The van der Waals surface area contributed by atoms with E-state index in [9.17, 15) is 18.4 Å². The Hall–Kier alpha value is -3.44. The van der Waals surface area contributed by atoms with E-state index in [1.54, 1.807) is 13.2 Å². The fraction of sp³-hybridized carbons (Fsp3) is 0.444. The Labute approximate surface area is 169 Å². The molecule has 1 aromatic carbocycles. The van der Waals surface area contributed by atoms with Crippen LogP contribution in [0.4, 0.5) is 29.7 Å².